The zero-order valence-corrected chi connectivity index (χ0v) is 27.5. The number of unbranched alkanes of at least 4 members (excludes halogenated alkanes) is 25. The molecule has 0 aromatic rings. The average molecular weight is 568 g/mol. The molecule has 1 atom stereocenters. The van der Waals surface area contributed by atoms with Crippen molar-refractivity contribution in [3.05, 3.63) is 0 Å². The van der Waals surface area contributed by atoms with E-state index in [0.29, 0.717) is 19.5 Å². The number of aliphatic hydroxyl groups excluding tert-OH is 2. The summed E-state index contributed by atoms with van der Waals surface area (Å²) in [7, 11) is 0. The highest BCUT2D eigenvalue weighted by Crippen LogP contribution is 2.16. The van der Waals surface area contributed by atoms with E-state index in [2.05, 4.69) is 13.8 Å². The highest BCUT2D eigenvalue weighted by atomic mass is 16.3. The predicted octanol–water partition coefficient (Wildman–Crippen LogP) is 10.5. The molecule has 4 nitrogen and oxygen atoms in total. The fourth-order valence-electron chi connectivity index (χ4n) is 5.81. The molecule has 0 aliphatic heterocycles. The average Bonchev–Trinajstić information content (AvgIpc) is 2.95. The van der Waals surface area contributed by atoms with Crippen LogP contribution in [0.3, 0.4) is 0 Å². The molecule has 240 valence electrons. The zero-order chi connectivity index (χ0) is 29.4. The van der Waals surface area contributed by atoms with Gasteiger partial charge in [0.15, 0.2) is 0 Å². The number of carbonyl (C=O) groups excluding carboxylic acids is 1. The minimum absolute atomic E-state index is 0.0318. The van der Waals surface area contributed by atoms with Crippen molar-refractivity contribution in [1.29, 1.82) is 0 Å². The number of nitrogens with zero attached hydrogens (tertiary/aromatic N) is 1. The van der Waals surface area contributed by atoms with E-state index >= 15 is 0 Å². The second-order valence-corrected chi connectivity index (χ2v) is 12.6. The quantitative estimate of drug-likeness (QED) is 0.0775. The molecule has 0 rings (SSSR count). The van der Waals surface area contributed by atoms with Gasteiger partial charge in [0.05, 0.1) is 12.7 Å². The molecule has 2 N–H and O–H groups in total. The van der Waals surface area contributed by atoms with Crippen molar-refractivity contribution in [2.75, 3.05) is 19.7 Å². The van der Waals surface area contributed by atoms with E-state index in [-0.39, 0.29) is 12.5 Å². The normalized spacial score (nSPS) is 12.2. The number of hydrogen-bond acceptors (Lipinski definition) is 3. The maximum atomic E-state index is 12.7. The summed E-state index contributed by atoms with van der Waals surface area (Å²) >= 11 is 0. The third kappa shape index (κ3) is 28.9. The fraction of sp³-hybridized carbons (Fsp3) is 0.972. The Morgan fingerprint density at radius 3 is 1.20 bits per heavy atom. The minimum atomic E-state index is -0.473. The van der Waals surface area contributed by atoms with Crippen molar-refractivity contribution in [2.45, 2.75) is 206 Å². The van der Waals surface area contributed by atoms with Gasteiger partial charge in [-0.15, -0.1) is 0 Å². The first kappa shape index (κ1) is 39.4. The van der Waals surface area contributed by atoms with Crippen molar-refractivity contribution in [3.63, 3.8) is 0 Å². The van der Waals surface area contributed by atoms with Crippen molar-refractivity contribution < 1.29 is 15.0 Å². The zero-order valence-electron chi connectivity index (χ0n) is 27.5. The molecule has 0 aromatic heterocycles. The first-order chi connectivity index (χ1) is 19.7. The van der Waals surface area contributed by atoms with Crippen LogP contribution in [0.15, 0.2) is 0 Å². The molecule has 0 fully saturated rings. The van der Waals surface area contributed by atoms with Crippen LogP contribution in [-0.2, 0) is 4.79 Å². The molecule has 4 heteroatoms. The summed E-state index contributed by atoms with van der Waals surface area (Å²) in [5.41, 5.74) is 0. The number of amides is 1. The molecule has 1 unspecified atom stereocenters. The topological polar surface area (TPSA) is 60.8 Å². The monoisotopic (exact) mass is 568 g/mol. The van der Waals surface area contributed by atoms with Gasteiger partial charge in [0.1, 0.15) is 0 Å². The van der Waals surface area contributed by atoms with Gasteiger partial charge in [0, 0.05) is 19.5 Å². The van der Waals surface area contributed by atoms with Gasteiger partial charge in [-0.05, 0) is 12.8 Å². The molecule has 0 bridgehead atoms. The van der Waals surface area contributed by atoms with Crippen LogP contribution in [0.25, 0.3) is 0 Å². The lowest BCUT2D eigenvalue weighted by Crippen LogP contribution is -2.39. The third-order valence-electron chi connectivity index (χ3n) is 8.54. The van der Waals surface area contributed by atoms with Crippen LogP contribution in [0.5, 0.6) is 0 Å². The van der Waals surface area contributed by atoms with Crippen LogP contribution in [0, 0.1) is 0 Å². The van der Waals surface area contributed by atoms with Gasteiger partial charge in [-0.25, -0.2) is 0 Å². The lowest BCUT2D eigenvalue weighted by molar-refractivity contribution is -0.133. The van der Waals surface area contributed by atoms with Crippen LogP contribution in [-0.4, -0.2) is 46.8 Å². The maximum Gasteiger partial charge on any atom is 0.222 e. The van der Waals surface area contributed by atoms with Gasteiger partial charge in [0.25, 0.3) is 0 Å². The number of rotatable bonds is 33. The molecule has 40 heavy (non-hydrogen) atoms. The van der Waals surface area contributed by atoms with Crippen molar-refractivity contribution in [2.24, 2.45) is 0 Å². The molecular formula is C36H73NO3. The molecule has 0 aromatic carbocycles. The third-order valence-corrected chi connectivity index (χ3v) is 8.54. The Morgan fingerprint density at radius 1 is 0.525 bits per heavy atom. The lowest BCUT2D eigenvalue weighted by Gasteiger charge is -2.25. The Balaban J connectivity index is 3.64. The minimum Gasteiger partial charge on any atom is -0.395 e. The lowest BCUT2D eigenvalue weighted by atomic mass is 10.0. The number of aliphatic hydroxyl groups is 2. The fourth-order valence-corrected chi connectivity index (χ4v) is 5.81. The van der Waals surface area contributed by atoms with E-state index < -0.39 is 6.10 Å². The second-order valence-electron chi connectivity index (χ2n) is 12.6. The molecule has 0 radical (unpaired) electrons. The summed E-state index contributed by atoms with van der Waals surface area (Å²) in [5, 5.41) is 19.9. The Hall–Kier alpha value is -0.610. The molecular weight excluding hydrogens is 494 g/mol. The first-order valence-corrected chi connectivity index (χ1v) is 18.2. The summed E-state index contributed by atoms with van der Waals surface area (Å²) < 4.78 is 0. The van der Waals surface area contributed by atoms with E-state index in [9.17, 15) is 15.0 Å². The van der Waals surface area contributed by atoms with E-state index in [1.807, 2.05) is 0 Å². The summed E-state index contributed by atoms with van der Waals surface area (Å²) in [5.74, 6) is 0.0949. The van der Waals surface area contributed by atoms with Crippen LogP contribution in [0.4, 0.5) is 0 Å². The standard InChI is InChI=1S/C36H73NO3/c1-3-5-7-9-11-13-15-17-18-19-21-23-25-27-29-31-36(40)37(32-33-38)34-35(39)30-28-26-24-22-20-16-14-12-10-8-6-4-2/h35,38-39H,3-34H2,1-2H3. The number of carbonyl (C=O) groups is 1. The molecule has 0 saturated heterocycles. The highest BCUT2D eigenvalue weighted by molar-refractivity contribution is 5.76. The van der Waals surface area contributed by atoms with E-state index in [1.54, 1.807) is 4.90 Å². The van der Waals surface area contributed by atoms with Gasteiger partial charge in [-0.3, -0.25) is 4.79 Å². The van der Waals surface area contributed by atoms with E-state index in [0.717, 1.165) is 25.7 Å². The van der Waals surface area contributed by atoms with Crippen LogP contribution in [0.1, 0.15) is 200 Å². The first-order valence-electron chi connectivity index (χ1n) is 18.2. The van der Waals surface area contributed by atoms with Crippen LogP contribution < -0.4 is 0 Å². The SMILES string of the molecule is CCCCCCCCCCCCCCCCCC(=O)N(CCO)CC(O)CCCCCCCCCCCCCC. The van der Waals surface area contributed by atoms with Crippen molar-refractivity contribution >= 4 is 5.91 Å². The Morgan fingerprint density at radius 2 is 0.850 bits per heavy atom. The largest absolute Gasteiger partial charge is 0.395 e. The molecule has 0 saturated carbocycles. The molecule has 0 spiro atoms. The maximum absolute atomic E-state index is 12.7. The summed E-state index contributed by atoms with van der Waals surface area (Å²) in [6.45, 7) is 5.23. The Bertz CT molecular complexity index is 498. The van der Waals surface area contributed by atoms with Gasteiger partial charge in [0.2, 0.25) is 5.91 Å². The second kappa shape index (κ2) is 32.9. The summed E-state index contributed by atoms with van der Waals surface area (Å²) in [4.78, 5) is 14.4. The number of hydrogen-bond donors (Lipinski definition) is 2. The van der Waals surface area contributed by atoms with Gasteiger partial charge < -0.3 is 15.1 Å². The Kier molecular flexibility index (Phi) is 32.4. The van der Waals surface area contributed by atoms with E-state index in [1.165, 1.54) is 154 Å². The van der Waals surface area contributed by atoms with Gasteiger partial charge in [-0.2, -0.15) is 0 Å². The van der Waals surface area contributed by atoms with Crippen LogP contribution >= 0.6 is 0 Å². The predicted molar refractivity (Wildman–Crippen MR) is 175 cm³/mol. The Labute approximate surface area is 251 Å². The smallest absolute Gasteiger partial charge is 0.222 e. The molecule has 0 heterocycles. The van der Waals surface area contributed by atoms with Gasteiger partial charge in [-0.1, -0.05) is 181 Å². The molecule has 1 amide bonds. The molecule has 0 aliphatic rings. The van der Waals surface area contributed by atoms with Crippen molar-refractivity contribution in [3.8, 4) is 0 Å². The van der Waals surface area contributed by atoms with E-state index in [4.69, 9.17) is 0 Å². The summed E-state index contributed by atoms with van der Waals surface area (Å²) in [6.07, 6.45) is 36.4. The van der Waals surface area contributed by atoms with Crippen LogP contribution in [0.2, 0.25) is 0 Å². The van der Waals surface area contributed by atoms with Gasteiger partial charge >= 0.3 is 0 Å². The van der Waals surface area contributed by atoms with Crippen molar-refractivity contribution in [1.82, 2.24) is 4.90 Å². The highest BCUT2D eigenvalue weighted by Gasteiger charge is 2.16. The summed E-state index contributed by atoms with van der Waals surface area (Å²) in [6, 6.07) is 0. The molecule has 0 aliphatic carbocycles.